The number of hydrogen-bond acceptors (Lipinski definition) is 6. The Morgan fingerprint density at radius 2 is 1.56 bits per heavy atom. The summed E-state index contributed by atoms with van der Waals surface area (Å²) in [5.41, 5.74) is 2.82. The molecule has 0 radical (unpaired) electrons. The number of rotatable bonds is 13. The number of hydrogen-bond donors (Lipinski definition) is 1. The highest BCUT2D eigenvalue weighted by atomic mass is 16.6. The highest BCUT2D eigenvalue weighted by molar-refractivity contribution is 5.96. The average Bonchev–Trinajstić information content (AvgIpc) is 3.44. The van der Waals surface area contributed by atoms with Gasteiger partial charge in [-0.1, -0.05) is 57.5 Å². The van der Waals surface area contributed by atoms with Crippen molar-refractivity contribution in [2.75, 3.05) is 32.8 Å². The molecule has 0 amide bonds. The summed E-state index contributed by atoms with van der Waals surface area (Å²) in [6.45, 7) is 10.3. The molecule has 2 aliphatic heterocycles. The standard InChI is InChI=1S/C33H45NO5/c1-33(2,3)27-14-11-24(12-15-27)29(36)10-6-4-5-9-28(35)21-26(23-34-17-7-8-18-34)32(37)25-13-16-30-31(22-25)39-20-19-38-30/h11-16,22,26,32,37H,4-10,17-21,23H2,1-3H3/t26-,32?/m1/s1. The molecule has 0 bridgehead atoms. The van der Waals surface area contributed by atoms with Crippen LogP contribution in [-0.2, 0) is 10.2 Å². The molecule has 0 aliphatic carbocycles. The number of aliphatic hydroxyl groups is 1. The van der Waals surface area contributed by atoms with Crippen molar-refractivity contribution in [2.24, 2.45) is 5.92 Å². The van der Waals surface area contributed by atoms with Gasteiger partial charge in [0.25, 0.3) is 0 Å². The van der Waals surface area contributed by atoms with Crippen LogP contribution in [0.3, 0.4) is 0 Å². The van der Waals surface area contributed by atoms with Crippen molar-refractivity contribution in [3.8, 4) is 11.5 Å². The van der Waals surface area contributed by atoms with Crippen molar-refractivity contribution < 1.29 is 24.2 Å². The molecule has 39 heavy (non-hydrogen) atoms. The minimum Gasteiger partial charge on any atom is -0.486 e. The fourth-order valence-corrected chi connectivity index (χ4v) is 5.57. The Balaban J connectivity index is 1.25. The lowest BCUT2D eigenvalue weighted by Crippen LogP contribution is -2.31. The Kier molecular flexibility index (Phi) is 10.2. The second kappa shape index (κ2) is 13.6. The van der Waals surface area contributed by atoms with Crippen LogP contribution >= 0.6 is 0 Å². The SMILES string of the molecule is CC(C)(C)c1ccc(C(=O)CCCCCC(=O)C[C@H](CN2CCCC2)C(O)c2ccc3c(c2)OCCO3)cc1. The Hall–Kier alpha value is -2.70. The first-order valence-electron chi connectivity index (χ1n) is 14.7. The van der Waals surface area contributed by atoms with Crippen LogP contribution in [0.25, 0.3) is 0 Å². The van der Waals surface area contributed by atoms with Crippen LogP contribution in [0, 0.1) is 5.92 Å². The molecule has 0 aromatic heterocycles. The van der Waals surface area contributed by atoms with E-state index in [9.17, 15) is 14.7 Å². The van der Waals surface area contributed by atoms with Crippen LogP contribution in [0.4, 0.5) is 0 Å². The second-order valence-corrected chi connectivity index (χ2v) is 12.2. The van der Waals surface area contributed by atoms with Gasteiger partial charge in [-0.3, -0.25) is 9.59 Å². The van der Waals surface area contributed by atoms with E-state index in [0.717, 1.165) is 43.5 Å². The number of ether oxygens (including phenoxy) is 2. The quantitative estimate of drug-likeness (QED) is 0.240. The molecule has 1 N–H and O–H groups in total. The van der Waals surface area contributed by atoms with Gasteiger partial charge in [0, 0.05) is 37.3 Å². The molecule has 6 nitrogen and oxygen atoms in total. The number of fused-ring (bicyclic) bond motifs is 1. The largest absolute Gasteiger partial charge is 0.486 e. The van der Waals surface area contributed by atoms with Gasteiger partial charge in [-0.05, 0) is 67.4 Å². The van der Waals surface area contributed by atoms with Crippen LogP contribution in [0.1, 0.15) is 99.7 Å². The summed E-state index contributed by atoms with van der Waals surface area (Å²) in [6, 6.07) is 13.5. The molecule has 2 aromatic rings. The molecular weight excluding hydrogens is 490 g/mol. The van der Waals surface area contributed by atoms with Gasteiger partial charge in [-0.15, -0.1) is 0 Å². The minimum atomic E-state index is -0.743. The Morgan fingerprint density at radius 3 is 2.26 bits per heavy atom. The summed E-state index contributed by atoms with van der Waals surface area (Å²) in [5.74, 6) is 1.53. The van der Waals surface area contributed by atoms with Crippen molar-refractivity contribution in [2.45, 2.75) is 83.7 Å². The predicted molar refractivity (Wildman–Crippen MR) is 154 cm³/mol. The molecule has 4 rings (SSSR count). The van der Waals surface area contributed by atoms with Crippen molar-refractivity contribution in [1.82, 2.24) is 4.90 Å². The van der Waals surface area contributed by atoms with Gasteiger partial charge in [0.15, 0.2) is 17.3 Å². The molecule has 6 heteroatoms. The Morgan fingerprint density at radius 1 is 0.897 bits per heavy atom. The second-order valence-electron chi connectivity index (χ2n) is 12.2. The van der Waals surface area contributed by atoms with E-state index in [1.165, 1.54) is 18.4 Å². The van der Waals surface area contributed by atoms with Crippen LogP contribution < -0.4 is 9.47 Å². The van der Waals surface area contributed by atoms with Gasteiger partial charge < -0.3 is 19.5 Å². The minimum absolute atomic E-state index is 0.0710. The van der Waals surface area contributed by atoms with Crippen molar-refractivity contribution in [1.29, 1.82) is 0 Å². The first-order valence-corrected chi connectivity index (χ1v) is 14.7. The van der Waals surface area contributed by atoms with Gasteiger partial charge in [0.1, 0.15) is 19.0 Å². The third kappa shape index (κ3) is 8.39. The summed E-state index contributed by atoms with van der Waals surface area (Å²) >= 11 is 0. The number of nitrogens with zero attached hydrogens (tertiary/aromatic N) is 1. The predicted octanol–water partition coefficient (Wildman–Crippen LogP) is 6.29. The van der Waals surface area contributed by atoms with Crippen LogP contribution in [-0.4, -0.2) is 54.4 Å². The van der Waals surface area contributed by atoms with E-state index in [-0.39, 0.29) is 22.9 Å². The van der Waals surface area contributed by atoms with Gasteiger partial charge >= 0.3 is 0 Å². The first-order chi connectivity index (χ1) is 18.7. The van der Waals surface area contributed by atoms with Crippen molar-refractivity contribution in [3.05, 3.63) is 59.2 Å². The highest BCUT2D eigenvalue weighted by Crippen LogP contribution is 2.36. The molecule has 1 fully saturated rings. The zero-order chi connectivity index (χ0) is 27.8. The number of benzene rings is 2. The summed E-state index contributed by atoms with van der Waals surface area (Å²) < 4.78 is 11.3. The Bertz CT molecular complexity index is 1100. The summed E-state index contributed by atoms with van der Waals surface area (Å²) in [5, 5.41) is 11.3. The maximum atomic E-state index is 13.0. The molecular formula is C33H45NO5. The normalized spacial score (nSPS) is 17.1. The lowest BCUT2D eigenvalue weighted by atomic mass is 9.86. The fraction of sp³-hybridized carbons (Fsp3) is 0.576. The first kappa shape index (κ1) is 29.3. The molecule has 2 aliphatic rings. The van der Waals surface area contributed by atoms with E-state index < -0.39 is 6.10 Å². The number of Topliss-reactive ketones (excluding diaryl/α,β-unsaturated/α-hetero) is 2. The maximum absolute atomic E-state index is 13.0. The number of aliphatic hydroxyl groups excluding tert-OH is 1. The molecule has 2 heterocycles. The average molecular weight is 536 g/mol. The molecule has 2 atom stereocenters. The number of likely N-dealkylation sites (tertiary alicyclic amines) is 1. The van der Waals surface area contributed by atoms with Crippen molar-refractivity contribution >= 4 is 11.6 Å². The van der Waals surface area contributed by atoms with Crippen LogP contribution in [0.15, 0.2) is 42.5 Å². The number of carbonyl (C=O) groups excluding carboxylic acids is 2. The molecule has 0 saturated carbocycles. The third-order valence-electron chi connectivity index (χ3n) is 7.97. The Labute approximate surface area is 233 Å². The molecule has 1 unspecified atom stereocenters. The van der Waals surface area contributed by atoms with E-state index in [1.54, 1.807) is 0 Å². The van der Waals surface area contributed by atoms with E-state index in [1.807, 2.05) is 42.5 Å². The summed E-state index contributed by atoms with van der Waals surface area (Å²) in [6.07, 6.45) is 5.33. The third-order valence-corrected chi connectivity index (χ3v) is 7.97. The zero-order valence-corrected chi connectivity index (χ0v) is 23.9. The molecule has 212 valence electrons. The van der Waals surface area contributed by atoms with E-state index >= 15 is 0 Å². The molecule has 2 aromatic carbocycles. The highest BCUT2D eigenvalue weighted by Gasteiger charge is 2.28. The molecule has 0 spiro atoms. The topological polar surface area (TPSA) is 76.1 Å². The molecule has 1 saturated heterocycles. The smallest absolute Gasteiger partial charge is 0.162 e. The summed E-state index contributed by atoms with van der Waals surface area (Å²) in [7, 11) is 0. The van der Waals surface area contributed by atoms with E-state index in [2.05, 4.69) is 25.7 Å². The number of carbonyl (C=O) groups is 2. The monoisotopic (exact) mass is 535 g/mol. The number of unbranched alkanes of at least 4 members (excludes halogenated alkanes) is 2. The van der Waals surface area contributed by atoms with E-state index in [0.29, 0.717) is 50.5 Å². The lowest BCUT2D eigenvalue weighted by Gasteiger charge is -2.28. The van der Waals surface area contributed by atoms with Crippen LogP contribution in [0.2, 0.25) is 0 Å². The van der Waals surface area contributed by atoms with Gasteiger partial charge in [-0.2, -0.15) is 0 Å². The zero-order valence-electron chi connectivity index (χ0n) is 23.9. The van der Waals surface area contributed by atoms with Gasteiger partial charge in [-0.25, -0.2) is 0 Å². The number of ketones is 2. The van der Waals surface area contributed by atoms with Crippen LogP contribution in [0.5, 0.6) is 11.5 Å². The summed E-state index contributed by atoms with van der Waals surface area (Å²) in [4.78, 5) is 27.9. The fourth-order valence-electron chi connectivity index (χ4n) is 5.57. The lowest BCUT2D eigenvalue weighted by molar-refractivity contribution is -0.121. The maximum Gasteiger partial charge on any atom is 0.162 e. The van der Waals surface area contributed by atoms with Gasteiger partial charge in [0.2, 0.25) is 0 Å². The van der Waals surface area contributed by atoms with Crippen molar-refractivity contribution in [3.63, 3.8) is 0 Å². The van der Waals surface area contributed by atoms with E-state index in [4.69, 9.17) is 9.47 Å². The van der Waals surface area contributed by atoms with Gasteiger partial charge in [0.05, 0.1) is 6.10 Å².